The van der Waals surface area contributed by atoms with E-state index in [0.717, 1.165) is 44.0 Å². The summed E-state index contributed by atoms with van der Waals surface area (Å²) in [5, 5.41) is 22.1. The SMILES string of the molecule is CC(C)C[C@@H](NC(=O)C1CC(O)C1)c1nc(C(=O)N2CCCN(C)CC2)cs1.O=CO. The van der Waals surface area contributed by atoms with Crippen molar-refractivity contribution in [3.8, 4) is 0 Å². The number of nitrogens with one attached hydrogen (secondary N) is 1. The molecule has 2 heterocycles. The van der Waals surface area contributed by atoms with E-state index in [1.54, 1.807) is 0 Å². The summed E-state index contributed by atoms with van der Waals surface area (Å²) in [6.07, 6.45) is 2.46. The molecule has 9 nitrogen and oxygen atoms in total. The fourth-order valence-electron chi connectivity index (χ4n) is 3.74. The number of carboxylic acid groups (broad SMARTS) is 1. The molecule has 1 aromatic heterocycles. The highest BCUT2D eigenvalue weighted by Crippen LogP contribution is 2.30. The second-order valence-corrected chi connectivity index (χ2v) is 9.53. The van der Waals surface area contributed by atoms with Gasteiger partial charge in [0.1, 0.15) is 10.7 Å². The molecular formula is C21H34N4O5S. The Morgan fingerprint density at radius 2 is 1.97 bits per heavy atom. The van der Waals surface area contributed by atoms with Gasteiger partial charge >= 0.3 is 0 Å². The maximum atomic E-state index is 12.9. The number of thiazole rings is 1. The van der Waals surface area contributed by atoms with E-state index in [9.17, 15) is 14.7 Å². The van der Waals surface area contributed by atoms with Gasteiger partial charge in [-0.2, -0.15) is 0 Å². The van der Waals surface area contributed by atoms with Gasteiger partial charge in [-0.3, -0.25) is 14.4 Å². The van der Waals surface area contributed by atoms with Crippen molar-refractivity contribution in [1.29, 1.82) is 0 Å². The average Bonchev–Trinajstić information content (AvgIpc) is 3.07. The smallest absolute Gasteiger partial charge is 0.290 e. The molecule has 0 aromatic carbocycles. The molecule has 3 N–H and O–H groups in total. The number of hydrogen-bond donors (Lipinski definition) is 3. The lowest BCUT2D eigenvalue weighted by molar-refractivity contribution is -0.132. The van der Waals surface area contributed by atoms with Gasteiger partial charge in [-0.1, -0.05) is 13.8 Å². The third-order valence-corrected chi connectivity index (χ3v) is 6.51. The van der Waals surface area contributed by atoms with E-state index in [4.69, 9.17) is 9.90 Å². The lowest BCUT2D eigenvalue weighted by Crippen LogP contribution is -2.42. The summed E-state index contributed by atoms with van der Waals surface area (Å²) < 4.78 is 0. The van der Waals surface area contributed by atoms with Gasteiger partial charge in [0.25, 0.3) is 12.4 Å². The quantitative estimate of drug-likeness (QED) is 0.558. The second kappa shape index (κ2) is 12.1. The lowest BCUT2D eigenvalue weighted by Gasteiger charge is -2.31. The minimum absolute atomic E-state index is 0.0189. The van der Waals surface area contributed by atoms with Gasteiger partial charge in [0.2, 0.25) is 5.91 Å². The van der Waals surface area contributed by atoms with E-state index in [0.29, 0.717) is 24.5 Å². The highest BCUT2D eigenvalue weighted by Gasteiger charge is 2.34. The number of hydrogen-bond acceptors (Lipinski definition) is 7. The molecule has 31 heavy (non-hydrogen) atoms. The third kappa shape index (κ3) is 7.55. The summed E-state index contributed by atoms with van der Waals surface area (Å²) in [4.78, 5) is 42.4. The van der Waals surface area contributed by atoms with Crippen molar-refractivity contribution in [3.63, 3.8) is 0 Å². The molecule has 0 unspecified atom stereocenters. The topological polar surface area (TPSA) is 123 Å². The summed E-state index contributed by atoms with van der Waals surface area (Å²) in [5.74, 6) is 0.241. The maximum absolute atomic E-state index is 12.9. The molecule has 0 spiro atoms. The first-order chi connectivity index (χ1) is 14.7. The second-order valence-electron chi connectivity index (χ2n) is 8.64. The number of carbonyl (C=O) groups is 3. The molecule has 2 fully saturated rings. The van der Waals surface area contributed by atoms with E-state index < -0.39 is 0 Å². The van der Waals surface area contributed by atoms with Crippen LogP contribution < -0.4 is 5.32 Å². The largest absolute Gasteiger partial charge is 0.483 e. The van der Waals surface area contributed by atoms with E-state index >= 15 is 0 Å². The molecule has 10 heteroatoms. The minimum atomic E-state index is -0.351. The summed E-state index contributed by atoms with van der Waals surface area (Å²) in [6.45, 7) is 7.33. The molecule has 2 aliphatic rings. The van der Waals surface area contributed by atoms with E-state index in [2.05, 4.69) is 36.1 Å². The average molecular weight is 455 g/mol. The Hall–Kier alpha value is -2.04. The van der Waals surface area contributed by atoms with Gasteiger partial charge in [0, 0.05) is 30.9 Å². The predicted molar refractivity (Wildman–Crippen MR) is 118 cm³/mol. The van der Waals surface area contributed by atoms with Crippen LogP contribution in [0.2, 0.25) is 0 Å². The zero-order valence-corrected chi connectivity index (χ0v) is 19.3. The Morgan fingerprint density at radius 1 is 1.29 bits per heavy atom. The Kier molecular flexibility index (Phi) is 9.86. The van der Waals surface area contributed by atoms with Crippen molar-refractivity contribution in [2.24, 2.45) is 11.8 Å². The zero-order chi connectivity index (χ0) is 23.0. The van der Waals surface area contributed by atoms with Crippen LogP contribution in [0.1, 0.15) is 61.1 Å². The number of carbonyl (C=O) groups excluding carboxylic acids is 2. The Bertz CT molecular complexity index is 735. The summed E-state index contributed by atoms with van der Waals surface area (Å²) in [7, 11) is 2.08. The van der Waals surface area contributed by atoms with Crippen LogP contribution in [-0.4, -0.2) is 82.6 Å². The van der Waals surface area contributed by atoms with Crippen LogP contribution >= 0.6 is 11.3 Å². The number of aromatic nitrogens is 1. The lowest BCUT2D eigenvalue weighted by atomic mass is 9.81. The first-order valence-corrected chi connectivity index (χ1v) is 11.6. The molecule has 0 bridgehead atoms. The predicted octanol–water partition coefficient (Wildman–Crippen LogP) is 1.60. The van der Waals surface area contributed by atoms with E-state index in [1.807, 2.05) is 10.3 Å². The van der Waals surface area contributed by atoms with Gasteiger partial charge in [-0.05, 0) is 45.2 Å². The van der Waals surface area contributed by atoms with Crippen LogP contribution in [0, 0.1) is 11.8 Å². The van der Waals surface area contributed by atoms with E-state index in [-0.39, 0.29) is 36.4 Å². The molecule has 1 aliphatic heterocycles. The number of aliphatic hydroxyl groups excluding tert-OH is 1. The number of amides is 2. The number of likely N-dealkylation sites (N-methyl/N-ethyl adjacent to an activating group) is 1. The van der Waals surface area contributed by atoms with Gasteiger partial charge < -0.3 is 25.3 Å². The Labute approximate surface area is 187 Å². The summed E-state index contributed by atoms with van der Waals surface area (Å²) in [5.41, 5.74) is 0.478. The van der Waals surface area contributed by atoms with Gasteiger partial charge in [0.05, 0.1) is 12.1 Å². The molecule has 0 radical (unpaired) electrons. The van der Waals surface area contributed by atoms with Crippen LogP contribution in [0.25, 0.3) is 0 Å². The van der Waals surface area contributed by atoms with Crippen molar-refractivity contribution in [2.45, 2.75) is 51.7 Å². The molecule has 2 amide bonds. The summed E-state index contributed by atoms with van der Waals surface area (Å²) in [6, 6.07) is -0.188. The highest BCUT2D eigenvalue weighted by molar-refractivity contribution is 7.09. The first kappa shape index (κ1) is 25.2. The minimum Gasteiger partial charge on any atom is -0.483 e. The Morgan fingerprint density at radius 3 is 2.58 bits per heavy atom. The van der Waals surface area contributed by atoms with Gasteiger partial charge in [-0.15, -0.1) is 11.3 Å². The summed E-state index contributed by atoms with van der Waals surface area (Å²) >= 11 is 1.44. The number of nitrogens with zero attached hydrogens (tertiary/aromatic N) is 3. The maximum Gasteiger partial charge on any atom is 0.290 e. The van der Waals surface area contributed by atoms with Crippen molar-refractivity contribution < 1.29 is 24.6 Å². The molecule has 174 valence electrons. The third-order valence-electron chi connectivity index (χ3n) is 5.55. The molecule has 1 aromatic rings. The first-order valence-electron chi connectivity index (χ1n) is 10.7. The zero-order valence-electron chi connectivity index (χ0n) is 18.5. The number of rotatable bonds is 6. The van der Waals surface area contributed by atoms with Gasteiger partial charge in [0.15, 0.2) is 0 Å². The fraction of sp³-hybridized carbons (Fsp3) is 0.714. The van der Waals surface area contributed by atoms with Crippen molar-refractivity contribution in [3.05, 3.63) is 16.1 Å². The van der Waals surface area contributed by atoms with Crippen LogP contribution in [0.3, 0.4) is 0 Å². The molecule has 1 saturated carbocycles. The number of aliphatic hydroxyl groups is 1. The van der Waals surface area contributed by atoms with Crippen molar-refractivity contribution in [2.75, 3.05) is 33.2 Å². The Balaban J connectivity index is 0.00000107. The standard InChI is InChI=1S/C20H32N4O3S.CH2O2/c1-13(2)9-16(21-18(26)14-10-15(25)11-14)19-22-17(12-28-19)20(27)24-6-4-5-23(3)7-8-24;2-1-3/h12-16,25H,4-11H2,1-3H3,(H,21,26);1H,(H,2,3)/t14?,15?,16-;/m1./s1. The molecule has 3 rings (SSSR count). The van der Waals surface area contributed by atoms with Crippen molar-refractivity contribution in [1.82, 2.24) is 20.1 Å². The monoisotopic (exact) mass is 454 g/mol. The highest BCUT2D eigenvalue weighted by atomic mass is 32.1. The molecule has 1 saturated heterocycles. The van der Waals surface area contributed by atoms with Crippen LogP contribution in [-0.2, 0) is 9.59 Å². The normalized spacial score (nSPS) is 22.5. The molecule has 1 atom stereocenters. The van der Waals surface area contributed by atoms with Crippen LogP contribution in [0.4, 0.5) is 0 Å². The van der Waals surface area contributed by atoms with Gasteiger partial charge in [-0.25, -0.2) is 4.98 Å². The van der Waals surface area contributed by atoms with Crippen LogP contribution in [0.5, 0.6) is 0 Å². The molecule has 1 aliphatic carbocycles. The van der Waals surface area contributed by atoms with Crippen LogP contribution in [0.15, 0.2) is 5.38 Å². The van der Waals surface area contributed by atoms with Crippen molar-refractivity contribution >= 4 is 29.6 Å². The molecular weight excluding hydrogens is 420 g/mol. The van der Waals surface area contributed by atoms with E-state index in [1.165, 1.54) is 11.3 Å². The fourth-order valence-corrected chi connectivity index (χ4v) is 4.60.